The highest BCUT2D eigenvalue weighted by Gasteiger charge is 2.30. The van der Waals surface area contributed by atoms with Crippen LogP contribution in [-0.4, -0.2) is 5.91 Å². The van der Waals surface area contributed by atoms with Crippen molar-refractivity contribution in [3.05, 3.63) is 94.5 Å². The zero-order chi connectivity index (χ0) is 20.1. The van der Waals surface area contributed by atoms with E-state index in [1.165, 1.54) is 18.2 Å². The fourth-order valence-corrected chi connectivity index (χ4v) is 2.68. The second-order valence-corrected chi connectivity index (χ2v) is 6.38. The van der Waals surface area contributed by atoms with Crippen molar-refractivity contribution in [3.63, 3.8) is 0 Å². The van der Waals surface area contributed by atoms with E-state index in [1.54, 1.807) is 12.1 Å². The molecule has 3 rings (SSSR count). The number of anilines is 1. The summed E-state index contributed by atoms with van der Waals surface area (Å²) < 4.78 is 44.3. The Labute approximate surface area is 164 Å². The summed E-state index contributed by atoms with van der Waals surface area (Å²) >= 11 is 5.98. The second-order valence-electron chi connectivity index (χ2n) is 5.95. The molecule has 0 spiro atoms. The molecule has 1 amide bonds. The van der Waals surface area contributed by atoms with Crippen LogP contribution in [0.5, 0.6) is 5.75 Å². The molecule has 0 aliphatic carbocycles. The number of benzene rings is 3. The van der Waals surface area contributed by atoms with Crippen molar-refractivity contribution in [2.75, 3.05) is 5.32 Å². The molecular formula is C21H15ClF3NO2. The molecule has 0 saturated carbocycles. The maximum absolute atomic E-state index is 12.9. The number of nitrogens with one attached hydrogen (secondary N) is 1. The van der Waals surface area contributed by atoms with E-state index in [0.717, 1.165) is 17.7 Å². The average molecular weight is 406 g/mol. The molecule has 3 aromatic rings. The SMILES string of the molecule is O=C(Nc1cccc(C(F)(F)F)c1)c1cc(Cl)ccc1OCc1ccccc1. The van der Waals surface area contributed by atoms with Gasteiger partial charge in [-0.15, -0.1) is 0 Å². The first-order chi connectivity index (χ1) is 13.3. The number of alkyl halides is 3. The molecule has 0 atom stereocenters. The number of amides is 1. The van der Waals surface area contributed by atoms with Gasteiger partial charge in [-0.2, -0.15) is 13.2 Å². The summed E-state index contributed by atoms with van der Waals surface area (Å²) in [4.78, 5) is 12.6. The number of rotatable bonds is 5. The van der Waals surface area contributed by atoms with Crippen molar-refractivity contribution in [3.8, 4) is 5.75 Å². The first-order valence-corrected chi connectivity index (χ1v) is 8.65. The number of halogens is 4. The summed E-state index contributed by atoms with van der Waals surface area (Å²) in [5.74, 6) is -0.345. The molecule has 3 aromatic carbocycles. The van der Waals surface area contributed by atoms with Gasteiger partial charge in [0.15, 0.2) is 0 Å². The topological polar surface area (TPSA) is 38.3 Å². The monoisotopic (exact) mass is 405 g/mol. The van der Waals surface area contributed by atoms with E-state index < -0.39 is 17.6 Å². The van der Waals surface area contributed by atoms with E-state index in [9.17, 15) is 18.0 Å². The van der Waals surface area contributed by atoms with Gasteiger partial charge in [0, 0.05) is 10.7 Å². The quantitative estimate of drug-likeness (QED) is 0.549. The van der Waals surface area contributed by atoms with Gasteiger partial charge in [-0.3, -0.25) is 4.79 Å². The van der Waals surface area contributed by atoms with Crippen molar-refractivity contribution >= 4 is 23.2 Å². The lowest BCUT2D eigenvalue weighted by molar-refractivity contribution is -0.137. The van der Waals surface area contributed by atoms with Crippen molar-refractivity contribution in [2.24, 2.45) is 0 Å². The molecule has 0 radical (unpaired) electrons. The Bertz CT molecular complexity index is 975. The highest BCUT2D eigenvalue weighted by Crippen LogP contribution is 2.31. The number of ether oxygens (including phenoxy) is 1. The van der Waals surface area contributed by atoms with Crippen LogP contribution in [0, 0.1) is 0 Å². The smallest absolute Gasteiger partial charge is 0.416 e. The van der Waals surface area contributed by atoms with Crippen LogP contribution in [0.15, 0.2) is 72.8 Å². The molecule has 0 aliphatic rings. The molecule has 0 unspecified atom stereocenters. The molecular weight excluding hydrogens is 391 g/mol. The van der Waals surface area contributed by atoms with Crippen LogP contribution in [0.3, 0.4) is 0 Å². The summed E-state index contributed by atoms with van der Waals surface area (Å²) in [6.45, 7) is 0.228. The van der Waals surface area contributed by atoms with Crippen molar-refractivity contribution in [2.45, 2.75) is 12.8 Å². The van der Waals surface area contributed by atoms with Gasteiger partial charge in [-0.05, 0) is 42.0 Å². The fraction of sp³-hybridized carbons (Fsp3) is 0.0952. The molecule has 0 aliphatic heterocycles. The number of carbonyl (C=O) groups excluding carboxylic acids is 1. The van der Waals surface area contributed by atoms with Gasteiger partial charge in [0.25, 0.3) is 5.91 Å². The van der Waals surface area contributed by atoms with Crippen LogP contribution in [0.25, 0.3) is 0 Å². The molecule has 0 saturated heterocycles. The Morgan fingerprint density at radius 1 is 0.964 bits per heavy atom. The zero-order valence-electron chi connectivity index (χ0n) is 14.5. The highest BCUT2D eigenvalue weighted by molar-refractivity contribution is 6.31. The summed E-state index contributed by atoms with van der Waals surface area (Å²) in [5, 5.41) is 2.77. The first kappa shape index (κ1) is 19.8. The lowest BCUT2D eigenvalue weighted by Crippen LogP contribution is -2.14. The summed E-state index contributed by atoms with van der Waals surface area (Å²) in [6, 6.07) is 18.3. The third-order valence-corrected chi connectivity index (χ3v) is 4.11. The van der Waals surface area contributed by atoms with E-state index in [-0.39, 0.29) is 23.6 Å². The van der Waals surface area contributed by atoms with Gasteiger partial charge in [-0.25, -0.2) is 0 Å². The van der Waals surface area contributed by atoms with Crippen LogP contribution in [0.4, 0.5) is 18.9 Å². The van der Waals surface area contributed by atoms with Gasteiger partial charge in [0.05, 0.1) is 11.1 Å². The molecule has 1 N–H and O–H groups in total. The molecule has 0 bridgehead atoms. The van der Waals surface area contributed by atoms with Gasteiger partial charge in [-0.1, -0.05) is 48.0 Å². The Hall–Kier alpha value is -2.99. The summed E-state index contributed by atoms with van der Waals surface area (Å²) in [5.41, 5.74) is 0.202. The van der Waals surface area contributed by atoms with E-state index in [0.29, 0.717) is 5.02 Å². The normalized spacial score (nSPS) is 11.1. The van der Waals surface area contributed by atoms with Gasteiger partial charge < -0.3 is 10.1 Å². The maximum atomic E-state index is 12.9. The maximum Gasteiger partial charge on any atom is 0.416 e. The Kier molecular flexibility index (Phi) is 5.90. The Morgan fingerprint density at radius 3 is 2.43 bits per heavy atom. The van der Waals surface area contributed by atoms with Crippen LogP contribution >= 0.6 is 11.6 Å². The Morgan fingerprint density at radius 2 is 1.71 bits per heavy atom. The highest BCUT2D eigenvalue weighted by atomic mass is 35.5. The largest absolute Gasteiger partial charge is 0.488 e. The minimum absolute atomic E-state index is 0.0220. The molecule has 7 heteroatoms. The molecule has 144 valence electrons. The summed E-state index contributed by atoms with van der Waals surface area (Å²) in [7, 11) is 0. The van der Waals surface area contributed by atoms with Gasteiger partial charge in [0.1, 0.15) is 12.4 Å². The summed E-state index contributed by atoms with van der Waals surface area (Å²) in [6.07, 6.45) is -4.50. The first-order valence-electron chi connectivity index (χ1n) is 8.28. The van der Waals surface area contributed by atoms with Crippen LogP contribution in [-0.2, 0) is 12.8 Å². The third-order valence-electron chi connectivity index (χ3n) is 3.87. The van der Waals surface area contributed by atoms with Crippen molar-refractivity contribution in [1.29, 1.82) is 0 Å². The van der Waals surface area contributed by atoms with Gasteiger partial charge >= 0.3 is 6.18 Å². The van der Waals surface area contributed by atoms with E-state index >= 15 is 0 Å². The number of carbonyl (C=O) groups is 1. The second kappa shape index (κ2) is 8.35. The number of hydrogen-bond acceptors (Lipinski definition) is 2. The van der Waals surface area contributed by atoms with E-state index in [2.05, 4.69) is 5.32 Å². The molecule has 0 fully saturated rings. The van der Waals surface area contributed by atoms with Crippen LogP contribution < -0.4 is 10.1 Å². The van der Waals surface area contributed by atoms with Gasteiger partial charge in [0.2, 0.25) is 0 Å². The molecule has 28 heavy (non-hydrogen) atoms. The zero-order valence-corrected chi connectivity index (χ0v) is 15.2. The molecule has 3 nitrogen and oxygen atoms in total. The molecule has 0 heterocycles. The van der Waals surface area contributed by atoms with E-state index in [4.69, 9.17) is 16.3 Å². The minimum Gasteiger partial charge on any atom is -0.488 e. The standard InChI is InChI=1S/C21H15ClF3NO2/c22-16-9-10-19(28-13-14-5-2-1-3-6-14)18(12-16)20(27)26-17-8-4-7-15(11-17)21(23,24)25/h1-12H,13H2,(H,26,27). The lowest BCUT2D eigenvalue weighted by Gasteiger charge is -2.13. The van der Waals surface area contributed by atoms with E-state index in [1.807, 2.05) is 30.3 Å². The minimum atomic E-state index is -4.50. The lowest BCUT2D eigenvalue weighted by atomic mass is 10.1. The number of hydrogen-bond donors (Lipinski definition) is 1. The average Bonchev–Trinajstić information content (AvgIpc) is 2.67. The fourth-order valence-electron chi connectivity index (χ4n) is 2.51. The Balaban J connectivity index is 1.80. The van der Waals surface area contributed by atoms with Crippen molar-refractivity contribution < 1.29 is 22.7 Å². The van der Waals surface area contributed by atoms with Crippen molar-refractivity contribution in [1.82, 2.24) is 0 Å². The third kappa shape index (κ3) is 5.04. The van der Waals surface area contributed by atoms with Crippen LogP contribution in [0.1, 0.15) is 21.5 Å². The predicted octanol–water partition coefficient (Wildman–Crippen LogP) is 6.19. The molecule has 0 aromatic heterocycles. The predicted molar refractivity (Wildman–Crippen MR) is 102 cm³/mol. The van der Waals surface area contributed by atoms with Crippen LogP contribution in [0.2, 0.25) is 5.02 Å².